The van der Waals surface area contributed by atoms with E-state index in [0.717, 1.165) is 16.9 Å². The second-order valence-corrected chi connectivity index (χ2v) is 5.59. The third-order valence-electron chi connectivity index (χ3n) is 3.20. The van der Waals surface area contributed by atoms with E-state index in [9.17, 15) is 4.79 Å². The predicted octanol–water partition coefficient (Wildman–Crippen LogP) is 2.70. The SMILES string of the molecule is Cc1nn(C)cc1CNc1cc(Cl)ccc1C(=O)N(C)C. The Morgan fingerprint density at radius 1 is 1.43 bits per heavy atom. The van der Waals surface area contributed by atoms with E-state index in [2.05, 4.69) is 10.4 Å². The van der Waals surface area contributed by atoms with E-state index in [-0.39, 0.29) is 5.91 Å². The molecule has 2 rings (SSSR count). The lowest BCUT2D eigenvalue weighted by Gasteiger charge is -2.15. The summed E-state index contributed by atoms with van der Waals surface area (Å²) in [5, 5.41) is 8.17. The Morgan fingerprint density at radius 3 is 2.71 bits per heavy atom. The number of amides is 1. The largest absolute Gasteiger partial charge is 0.380 e. The van der Waals surface area contributed by atoms with Gasteiger partial charge in [0, 0.05) is 50.2 Å². The van der Waals surface area contributed by atoms with Crippen molar-refractivity contribution >= 4 is 23.2 Å². The molecule has 1 aromatic carbocycles. The molecular weight excluding hydrogens is 288 g/mol. The molecule has 0 saturated carbocycles. The molecule has 0 unspecified atom stereocenters. The van der Waals surface area contributed by atoms with Gasteiger partial charge in [-0.1, -0.05) is 11.6 Å². The predicted molar refractivity (Wildman–Crippen MR) is 84.7 cm³/mol. The van der Waals surface area contributed by atoms with Gasteiger partial charge in [-0.15, -0.1) is 0 Å². The summed E-state index contributed by atoms with van der Waals surface area (Å²) >= 11 is 6.04. The lowest BCUT2D eigenvalue weighted by Crippen LogP contribution is -2.23. The number of hydrogen-bond donors (Lipinski definition) is 1. The molecule has 5 nitrogen and oxygen atoms in total. The fraction of sp³-hybridized carbons (Fsp3) is 0.333. The first-order valence-corrected chi connectivity index (χ1v) is 7.00. The minimum atomic E-state index is -0.0583. The normalized spacial score (nSPS) is 10.5. The quantitative estimate of drug-likeness (QED) is 0.945. The molecule has 0 saturated heterocycles. The molecule has 1 amide bonds. The maximum atomic E-state index is 12.2. The van der Waals surface area contributed by atoms with Gasteiger partial charge in [0.2, 0.25) is 0 Å². The first kappa shape index (κ1) is 15.4. The summed E-state index contributed by atoms with van der Waals surface area (Å²) in [6, 6.07) is 5.23. The van der Waals surface area contributed by atoms with Crippen molar-refractivity contribution in [1.82, 2.24) is 14.7 Å². The zero-order valence-corrected chi connectivity index (χ0v) is 13.4. The van der Waals surface area contributed by atoms with Gasteiger partial charge in [0.25, 0.3) is 5.91 Å². The molecule has 0 aliphatic rings. The summed E-state index contributed by atoms with van der Waals surface area (Å²) in [7, 11) is 5.34. The maximum absolute atomic E-state index is 12.2. The highest BCUT2D eigenvalue weighted by atomic mass is 35.5. The number of nitrogens with zero attached hydrogens (tertiary/aromatic N) is 3. The lowest BCUT2D eigenvalue weighted by atomic mass is 10.1. The molecule has 1 heterocycles. The second-order valence-electron chi connectivity index (χ2n) is 5.16. The van der Waals surface area contributed by atoms with Crippen LogP contribution in [0.2, 0.25) is 5.02 Å². The Bertz CT molecular complexity index is 664. The van der Waals surface area contributed by atoms with Crippen LogP contribution in [-0.2, 0) is 13.6 Å². The topological polar surface area (TPSA) is 50.2 Å². The minimum Gasteiger partial charge on any atom is -0.380 e. The van der Waals surface area contributed by atoms with Gasteiger partial charge >= 0.3 is 0 Å². The van der Waals surface area contributed by atoms with Crippen LogP contribution < -0.4 is 5.32 Å². The van der Waals surface area contributed by atoms with Gasteiger partial charge in [0.15, 0.2) is 0 Å². The molecule has 0 bridgehead atoms. The Hall–Kier alpha value is -2.01. The van der Waals surface area contributed by atoms with E-state index < -0.39 is 0 Å². The van der Waals surface area contributed by atoms with E-state index >= 15 is 0 Å². The number of halogens is 1. The van der Waals surface area contributed by atoms with Crippen molar-refractivity contribution in [2.75, 3.05) is 19.4 Å². The van der Waals surface area contributed by atoms with Gasteiger partial charge in [-0.05, 0) is 25.1 Å². The minimum absolute atomic E-state index is 0.0583. The van der Waals surface area contributed by atoms with Gasteiger partial charge in [0.05, 0.1) is 11.3 Å². The number of carbonyl (C=O) groups is 1. The molecule has 21 heavy (non-hydrogen) atoms. The van der Waals surface area contributed by atoms with Crippen LogP contribution in [0.25, 0.3) is 0 Å². The molecule has 2 aromatic rings. The Labute approximate surface area is 129 Å². The van der Waals surface area contributed by atoms with Crippen LogP contribution in [0, 0.1) is 6.92 Å². The molecule has 6 heteroatoms. The second kappa shape index (κ2) is 6.18. The van der Waals surface area contributed by atoms with E-state index in [0.29, 0.717) is 17.1 Å². The van der Waals surface area contributed by atoms with Gasteiger partial charge in [-0.25, -0.2) is 0 Å². The van der Waals surface area contributed by atoms with Gasteiger partial charge in [-0.3, -0.25) is 9.48 Å². The van der Waals surface area contributed by atoms with Crippen molar-refractivity contribution in [3.63, 3.8) is 0 Å². The van der Waals surface area contributed by atoms with Crippen molar-refractivity contribution in [3.05, 3.63) is 46.2 Å². The molecule has 0 spiro atoms. The molecule has 112 valence electrons. The number of carbonyl (C=O) groups excluding carboxylic acids is 1. The average Bonchev–Trinajstić information content (AvgIpc) is 2.74. The molecule has 0 aliphatic carbocycles. The first-order valence-electron chi connectivity index (χ1n) is 6.62. The Balaban J connectivity index is 2.24. The fourth-order valence-corrected chi connectivity index (χ4v) is 2.27. The fourth-order valence-electron chi connectivity index (χ4n) is 2.10. The monoisotopic (exact) mass is 306 g/mol. The van der Waals surface area contributed by atoms with Crippen molar-refractivity contribution < 1.29 is 4.79 Å². The van der Waals surface area contributed by atoms with E-state index in [1.807, 2.05) is 20.2 Å². The summed E-state index contributed by atoms with van der Waals surface area (Å²) in [4.78, 5) is 13.7. The number of benzene rings is 1. The van der Waals surface area contributed by atoms with Crippen LogP contribution in [0.1, 0.15) is 21.6 Å². The highest BCUT2D eigenvalue weighted by molar-refractivity contribution is 6.31. The third kappa shape index (κ3) is 3.55. The van der Waals surface area contributed by atoms with Crippen LogP contribution in [-0.4, -0.2) is 34.7 Å². The van der Waals surface area contributed by atoms with Crippen molar-refractivity contribution in [3.8, 4) is 0 Å². The molecule has 0 aliphatic heterocycles. The number of aryl methyl sites for hydroxylation is 2. The summed E-state index contributed by atoms with van der Waals surface area (Å²) in [5.74, 6) is -0.0583. The van der Waals surface area contributed by atoms with Crippen LogP contribution in [0.15, 0.2) is 24.4 Å². The molecule has 1 aromatic heterocycles. The van der Waals surface area contributed by atoms with Crippen molar-refractivity contribution in [1.29, 1.82) is 0 Å². The highest BCUT2D eigenvalue weighted by Gasteiger charge is 2.14. The number of anilines is 1. The van der Waals surface area contributed by atoms with Gasteiger partial charge < -0.3 is 10.2 Å². The van der Waals surface area contributed by atoms with Crippen LogP contribution in [0.4, 0.5) is 5.69 Å². The molecule has 0 atom stereocenters. The zero-order chi connectivity index (χ0) is 15.6. The highest BCUT2D eigenvalue weighted by Crippen LogP contribution is 2.23. The Morgan fingerprint density at radius 2 is 2.14 bits per heavy atom. The van der Waals surface area contributed by atoms with Crippen LogP contribution in [0.5, 0.6) is 0 Å². The van der Waals surface area contributed by atoms with Crippen molar-refractivity contribution in [2.45, 2.75) is 13.5 Å². The molecular formula is C15H19ClN4O. The number of aromatic nitrogens is 2. The zero-order valence-electron chi connectivity index (χ0n) is 12.6. The van der Waals surface area contributed by atoms with Crippen LogP contribution in [0.3, 0.4) is 0 Å². The summed E-state index contributed by atoms with van der Waals surface area (Å²) < 4.78 is 1.77. The lowest BCUT2D eigenvalue weighted by molar-refractivity contribution is 0.0828. The maximum Gasteiger partial charge on any atom is 0.255 e. The summed E-state index contributed by atoms with van der Waals surface area (Å²) in [6.07, 6.45) is 1.96. The molecule has 0 fully saturated rings. The molecule has 1 N–H and O–H groups in total. The van der Waals surface area contributed by atoms with E-state index in [1.54, 1.807) is 41.9 Å². The standard InChI is InChI=1S/C15H19ClN4O/c1-10-11(9-20(4)18-10)8-17-14-7-12(16)5-6-13(14)15(21)19(2)3/h5-7,9,17H,8H2,1-4H3. The smallest absolute Gasteiger partial charge is 0.255 e. The number of nitrogens with one attached hydrogen (secondary N) is 1. The Kier molecular flexibility index (Phi) is 4.53. The number of hydrogen-bond acceptors (Lipinski definition) is 3. The van der Waals surface area contributed by atoms with Gasteiger partial charge in [-0.2, -0.15) is 5.10 Å². The van der Waals surface area contributed by atoms with E-state index in [1.165, 1.54) is 0 Å². The molecule has 0 radical (unpaired) electrons. The summed E-state index contributed by atoms with van der Waals surface area (Å²) in [6.45, 7) is 2.55. The average molecular weight is 307 g/mol. The van der Waals surface area contributed by atoms with E-state index in [4.69, 9.17) is 11.6 Å². The van der Waals surface area contributed by atoms with Crippen molar-refractivity contribution in [2.24, 2.45) is 7.05 Å². The van der Waals surface area contributed by atoms with Gasteiger partial charge in [0.1, 0.15) is 0 Å². The number of rotatable bonds is 4. The first-order chi connectivity index (χ1) is 9.88. The summed E-state index contributed by atoms with van der Waals surface area (Å²) in [5.41, 5.74) is 3.38. The van der Waals surface area contributed by atoms with Crippen LogP contribution >= 0.6 is 11.6 Å². The third-order valence-corrected chi connectivity index (χ3v) is 3.44.